The van der Waals surface area contributed by atoms with Crippen LogP contribution >= 0.6 is 0 Å². The Bertz CT molecular complexity index is 396. The number of hydrogen-bond acceptors (Lipinski definition) is 3. The highest BCUT2D eigenvalue weighted by Gasteiger charge is 2.11. The number of nitrogens with one attached hydrogen (secondary N) is 1. The molecule has 0 atom stereocenters. The zero-order valence-corrected chi connectivity index (χ0v) is 12.8. The van der Waals surface area contributed by atoms with Crippen molar-refractivity contribution in [3.63, 3.8) is 0 Å². The maximum atomic E-state index is 14.2. The SMILES string of the molecule is CCCCN(CCO)c1ccc(CNC(C)C)cc1F. The Labute approximate surface area is 121 Å². The molecule has 4 heteroatoms. The van der Waals surface area contributed by atoms with E-state index in [0.29, 0.717) is 24.8 Å². The molecule has 0 heterocycles. The number of aliphatic hydroxyl groups is 1. The van der Waals surface area contributed by atoms with Crippen LogP contribution in [0.1, 0.15) is 39.2 Å². The normalized spacial score (nSPS) is 11.1. The fourth-order valence-electron chi connectivity index (χ4n) is 2.06. The average Bonchev–Trinajstić information content (AvgIpc) is 2.41. The average molecular weight is 282 g/mol. The van der Waals surface area contributed by atoms with Crippen LogP contribution in [-0.2, 0) is 6.54 Å². The summed E-state index contributed by atoms with van der Waals surface area (Å²) >= 11 is 0. The van der Waals surface area contributed by atoms with Gasteiger partial charge in [0.1, 0.15) is 5.82 Å². The van der Waals surface area contributed by atoms with E-state index in [1.54, 1.807) is 6.07 Å². The monoisotopic (exact) mass is 282 g/mol. The lowest BCUT2D eigenvalue weighted by atomic mass is 10.1. The Morgan fingerprint density at radius 2 is 2.05 bits per heavy atom. The van der Waals surface area contributed by atoms with Gasteiger partial charge in [0.25, 0.3) is 0 Å². The first-order valence-electron chi connectivity index (χ1n) is 7.46. The molecule has 0 unspecified atom stereocenters. The van der Waals surface area contributed by atoms with Gasteiger partial charge in [-0.1, -0.05) is 33.3 Å². The van der Waals surface area contributed by atoms with E-state index in [1.165, 1.54) is 0 Å². The number of hydrogen-bond donors (Lipinski definition) is 2. The van der Waals surface area contributed by atoms with Crippen LogP contribution in [0.2, 0.25) is 0 Å². The van der Waals surface area contributed by atoms with Gasteiger partial charge in [0.05, 0.1) is 12.3 Å². The van der Waals surface area contributed by atoms with E-state index in [0.717, 1.165) is 24.9 Å². The molecular weight excluding hydrogens is 255 g/mol. The number of benzene rings is 1. The summed E-state index contributed by atoms with van der Waals surface area (Å²) in [6.45, 7) is 8.20. The van der Waals surface area contributed by atoms with Crippen molar-refractivity contribution in [1.29, 1.82) is 0 Å². The maximum Gasteiger partial charge on any atom is 0.146 e. The fourth-order valence-corrected chi connectivity index (χ4v) is 2.06. The lowest BCUT2D eigenvalue weighted by Gasteiger charge is -2.24. The van der Waals surface area contributed by atoms with Crippen molar-refractivity contribution in [2.45, 2.75) is 46.2 Å². The van der Waals surface area contributed by atoms with Crippen LogP contribution in [0.25, 0.3) is 0 Å². The Morgan fingerprint density at radius 3 is 2.60 bits per heavy atom. The van der Waals surface area contributed by atoms with E-state index in [-0.39, 0.29) is 12.4 Å². The Kier molecular flexibility index (Phi) is 7.55. The lowest BCUT2D eigenvalue weighted by molar-refractivity contribution is 0.301. The van der Waals surface area contributed by atoms with Gasteiger partial charge in [-0.05, 0) is 24.1 Å². The number of nitrogens with zero attached hydrogens (tertiary/aromatic N) is 1. The van der Waals surface area contributed by atoms with Gasteiger partial charge in [-0.2, -0.15) is 0 Å². The lowest BCUT2D eigenvalue weighted by Crippen LogP contribution is -2.28. The van der Waals surface area contributed by atoms with Crippen molar-refractivity contribution in [3.05, 3.63) is 29.6 Å². The molecule has 3 nitrogen and oxygen atoms in total. The molecule has 114 valence electrons. The summed E-state index contributed by atoms with van der Waals surface area (Å²) in [4.78, 5) is 1.92. The first-order valence-corrected chi connectivity index (χ1v) is 7.46. The molecule has 0 radical (unpaired) electrons. The highest BCUT2D eigenvalue weighted by molar-refractivity contribution is 5.49. The van der Waals surface area contributed by atoms with E-state index in [9.17, 15) is 4.39 Å². The minimum absolute atomic E-state index is 0.0415. The Balaban J connectivity index is 2.77. The van der Waals surface area contributed by atoms with Gasteiger partial charge in [-0.15, -0.1) is 0 Å². The molecule has 0 saturated carbocycles. The molecule has 20 heavy (non-hydrogen) atoms. The third-order valence-electron chi connectivity index (χ3n) is 3.22. The maximum absolute atomic E-state index is 14.2. The molecule has 0 aromatic heterocycles. The molecule has 0 spiro atoms. The highest BCUT2D eigenvalue weighted by Crippen LogP contribution is 2.21. The van der Waals surface area contributed by atoms with Crippen LogP contribution in [0.15, 0.2) is 18.2 Å². The molecule has 1 rings (SSSR count). The number of unbranched alkanes of at least 4 members (excludes halogenated alkanes) is 1. The van der Waals surface area contributed by atoms with Crippen molar-refractivity contribution in [2.24, 2.45) is 0 Å². The molecule has 0 saturated heterocycles. The van der Waals surface area contributed by atoms with Crippen molar-refractivity contribution in [2.75, 3.05) is 24.6 Å². The fraction of sp³-hybridized carbons (Fsp3) is 0.625. The summed E-state index contributed by atoms with van der Waals surface area (Å²) in [5.41, 5.74) is 1.53. The van der Waals surface area contributed by atoms with Crippen molar-refractivity contribution in [1.82, 2.24) is 5.32 Å². The molecular formula is C16H27FN2O. The van der Waals surface area contributed by atoms with Crippen molar-refractivity contribution >= 4 is 5.69 Å². The molecule has 1 aromatic carbocycles. The van der Waals surface area contributed by atoms with Gasteiger partial charge in [-0.3, -0.25) is 0 Å². The standard InChI is InChI=1S/C16H27FN2O/c1-4-5-8-19(9-10-20)16-7-6-14(11-15(16)17)12-18-13(2)3/h6-7,11,13,18,20H,4-5,8-10,12H2,1-3H3. The topological polar surface area (TPSA) is 35.5 Å². The third kappa shape index (κ3) is 5.47. The van der Waals surface area contributed by atoms with Gasteiger partial charge in [0.15, 0.2) is 0 Å². The quantitative estimate of drug-likeness (QED) is 0.731. The minimum Gasteiger partial charge on any atom is -0.395 e. The van der Waals surface area contributed by atoms with E-state index in [1.807, 2.05) is 17.0 Å². The highest BCUT2D eigenvalue weighted by atomic mass is 19.1. The summed E-state index contributed by atoms with van der Waals surface area (Å²) < 4.78 is 14.2. The number of halogens is 1. The first kappa shape index (κ1) is 16.9. The van der Waals surface area contributed by atoms with E-state index in [2.05, 4.69) is 26.1 Å². The second-order valence-corrected chi connectivity index (χ2v) is 5.39. The zero-order valence-electron chi connectivity index (χ0n) is 12.8. The van der Waals surface area contributed by atoms with E-state index >= 15 is 0 Å². The second-order valence-electron chi connectivity index (χ2n) is 5.39. The van der Waals surface area contributed by atoms with Gasteiger partial charge in [0.2, 0.25) is 0 Å². The Morgan fingerprint density at radius 1 is 1.30 bits per heavy atom. The summed E-state index contributed by atoms with van der Waals surface area (Å²) in [6.07, 6.45) is 2.05. The van der Waals surface area contributed by atoms with Crippen molar-refractivity contribution in [3.8, 4) is 0 Å². The minimum atomic E-state index is -0.211. The van der Waals surface area contributed by atoms with E-state index < -0.39 is 0 Å². The van der Waals surface area contributed by atoms with Crippen LogP contribution in [0.4, 0.5) is 10.1 Å². The molecule has 1 aromatic rings. The van der Waals surface area contributed by atoms with Gasteiger partial charge in [0, 0.05) is 25.7 Å². The largest absolute Gasteiger partial charge is 0.395 e. The van der Waals surface area contributed by atoms with Crippen LogP contribution in [0.3, 0.4) is 0 Å². The molecule has 0 aliphatic rings. The smallest absolute Gasteiger partial charge is 0.146 e. The molecule has 0 amide bonds. The molecule has 0 fully saturated rings. The van der Waals surface area contributed by atoms with Crippen LogP contribution in [-0.4, -0.2) is 30.8 Å². The van der Waals surface area contributed by atoms with Gasteiger partial charge < -0.3 is 15.3 Å². The van der Waals surface area contributed by atoms with Gasteiger partial charge >= 0.3 is 0 Å². The predicted octanol–water partition coefficient (Wildman–Crippen LogP) is 2.92. The summed E-state index contributed by atoms with van der Waals surface area (Å²) in [5.74, 6) is -0.211. The first-order chi connectivity index (χ1) is 9.58. The molecule has 0 aliphatic heterocycles. The summed E-state index contributed by atoms with van der Waals surface area (Å²) in [5, 5.41) is 12.4. The number of rotatable bonds is 9. The number of aliphatic hydroxyl groups excluding tert-OH is 1. The second kappa shape index (κ2) is 8.93. The van der Waals surface area contributed by atoms with Crippen molar-refractivity contribution < 1.29 is 9.50 Å². The van der Waals surface area contributed by atoms with Crippen LogP contribution < -0.4 is 10.2 Å². The Hall–Kier alpha value is -1.13. The summed E-state index contributed by atoms with van der Waals surface area (Å²) in [7, 11) is 0. The van der Waals surface area contributed by atoms with Crippen LogP contribution in [0.5, 0.6) is 0 Å². The predicted molar refractivity (Wildman–Crippen MR) is 82.6 cm³/mol. The molecule has 0 aliphatic carbocycles. The van der Waals surface area contributed by atoms with Gasteiger partial charge in [-0.25, -0.2) is 4.39 Å². The molecule has 2 N–H and O–H groups in total. The zero-order chi connectivity index (χ0) is 15.0. The number of anilines is 1. The van der Waals surface area contributed by atoms with E-state index in [4.69, 9.17) is 5.11 Å². The summed E-state index contributed by atoms with van der Waals surface area (Å²) in [6, 6.07) is 5.73. The third-order valence-corrected chi connectivity index (χ3v) is 3.22. The molecule has 0 bridgehead atoms. The van der Waals surface area contributed by atoms with Crippen LogP contribution in [0, 0.1) is 5.82 Å².